The van der Waals surface area contributed by atoms with Crippen LogP contribution in [0.25, 0.3) is 0 Å². The minimum absolute atomic E-state index is 0.0824. The van der Waals surface area contributed by atoms with Crippen molar-refractivity contribution in [2.75, 3.05) is 0 Å². The summed E-state index contributed by atoms with van der Waals surface area (Å²) in [6.07, 6.45) is 1.79. The minimum atomic E-state index is -0.180. The van der Waals surface area contributed by atoms with E-state index in [0.717, 1.165) is 27.3 Å². The van der Waals surface area contributed by atoms with E-state index in [1.165, 1.54) is 11.5 Å². The van der Waals surface area contributed by atoms with Crippen molar-refractivity contribution in [3.8, 4) is 0 Å². The Morgan fingerprint density at radius 1 is 1.50 bits per heavy atom. The van der Waals surface area contributed by atoms with Crippen LogP contribution >= 0.6 is 27.5 Å². The number of hydrogen-bond donors (Lipinski definition) is 2. The highest BCUT2D eigenvalue weighted by Crippen LogP contribution is 2.35. The zero-order valence-corrected chi connectivity index (χ0v) is 14.4. The van der Waals surface area contributed by atoms with Crippen LogP contribution in [-0.4, -0.2) is 19.4 Å². The second-order valence-electron chi connectivity index (χ2n) is 5.53. The fourth-order valence-corrected chi connectivity index (χ4v) is 3.55. The molecule has 2 heterocycles. The smallest absolute Gasteiger partial charge is 0.102 e. The van der Waals surface area contributed by atoms with Crippen LogP contribution in [-0.2, 0) is 12.0 Å². The van der Waals surface area contributed by atoms with Crippen LogP contribution in [0.5, 0.6) is 0 Å². The molecule has 0 radical (unpaired) electrons. The highest BCUT2D eigenvalue weighted by Gasteiger charge is 2.30. The number of hydrazine groups is 1. The van der Waals surface area contributed by atoms with Gasteiger partial charge in [0.05, 0.1) is 26.9 Å². The molecule has 0 saturated heterocycles. The molecule has 0 spiro atoms. The Kier molecular flexibility index (Phi) is 4.58. The quantitative estimate of drug-likeness (QED) is 0.647. The SMILES string of the molecule is CCn1ncc(Br)c1C(NN)c1snnc1C(C)(C)C. The molecule has 1 unspecified atom stereocenters. The van der Waals surface area contributed by atoms with E-state index in [4.69, 9.17) is 5.84 Å². The topological polar surface area (TPSA) is 81.7 Å². The first-order valence-electron chi connectivity index (χ1n) is 6.40. The molecule has 3 N–H and O–H groups in total. The van der Waals surface area contributed by atoms with Crippen molar-refractivity contribution in [2.45, 2.75) is 45.7 Å². The largest absolute Gasteiger partial charge is 0.270 e. The lowest BCUT2D eigenvalue weighted by Crippen LogP contribution is -2.32. The average Bonchev–Trinajstić information content (AvgIpc) is 2.98. The van der Waals surface area contributed by atoms with Gasteiger partial charge in [0.2, 0.25) is 0 Å². The number of nitrogens with zero attached hydrogens (tertiary/aromatic N) is 4. The molecule has 0 bridgehead atoms. The van der Waals surface area contributed by atoms with Crippen LogP contribution < -0.4 is 11.3 Å². The lowest BCUT2D eigenvalue weighted by molar-refractivity contribution is 0.518. The normalized spacial score (nSPS) is 13.7. The summed E-state index contributed by atoms with van der Waals surface area (Å²) in [6.45, 7) is 9.18. The van der Waals surface area contributed by atoms with Crippen molar-refractivity contribution >= 4 is 27.5 Å². The number of nitrogens with two attached hydrogens (primary N) is 1. The lowest BCUT2D eigenvalue weighted by atomic mass is 9.89. The van der Waals surface area contributed by atoms with Gasteiger partial charge in [0, 0.05) is 12.0 Å². The van der Waals surface area contributed by atoms with Crippen molar-refractivity contribution in [2.24, 2.45) is 5.84 Å². The van der Waals surface area contributed by atoms with Crippen LogP contribution in [0.3, 0.4) is 0 Å². The van der Waals surface area contributed by atoms with E-state index in [0.29, 0.717) is 0 Å². The van der Waals surface area contributed by atoms with E-state index in [9.17, 15) is 0 Å². The molecular weight excluding hydrogens is 340 g/mol. The third kappa shape index (κ3) is 2.78. The molecule has 0 aliphatic carbocycles. The lowest BCUT2D eigenvalue weighted by Gasteiger charge is -2.22. The highest BCUT2D eigenvalue weighted by atomic mass is 79.9. The number of halogens is 1. The van der Waals surface area contributed by atoms with Crippen molar-refractivity contribution < 1.29 is 0 Å². The Labute approximate surface area is 131 Å². The first-order chi connectivity index (χ1) is 9.40. The third-order valence-electron chi connectivity index (χ3n) is 3.06. The van der Waals surface area contributed by atoms with Gasteiger partial charge in [-0.05, 0) is 34.4 Å². The number of rotatable bonds is 4. The predicted octanol–water partition coefficient (Wildman–Crippen LogP) is 2.37. The summed E-state index contributed by atoms with van der Waals surface area (Å²) < 4.78 is 6.95. The van der Waals surface area contributed by atoms with Crippen molar-refractivity contribution in [3.63, 3.8) is 0 Å². The maximum absolute atomic E-state index is 5.80. The number of hydrogen-bond acceptors (Lipinski definition) is 6. The maximum Gasteiger partial charge on any atom is 0.102 e. The van der Waals surface area contributed by atoms with Gasteiger partial charge in [-0.25, -0.2) is 5.43 Å². The van der Waals surface area contributed by atoms with E-state index < -0.39 is 0 Å². The van der Waals surface area contributed by atoms with Crippen molar-refractivity contribution in [3.05, 3.63) is 26.9 Å². The van der Waals surface area contributed by atoms with Gasteiger partial charge in [-0.2, -0.15) is 5.10 Å². The summed E-state index contributed by atoms with van der Waals surface area (Å²) in [5, 5.41) is 8.62. The Bertz CT molecular complexity index is 585. The van der Waals surface area contributed by atoms with Crippen LogP contribution in [0.15, 0.2) is 10.7 Å². The zero-order valence-electron chi connectivity index (χ0n) is 12.0. The summed E-state index contributed by atoms with van der Waals surface area (Å²) in [4.78, 5) is 1.02. The van der Waals surface area contributed by atoms with Crippen LogP contribution in [0.2, 0.25) is 0 Å². The molecule has 2 rings (SSSR count). The average molecular weight is 359 g/mol. The molecule has 0 fully saturated rings. The van der Waals surface area contributed by atoms with Gasteiger partial charge in [-0.1, -0.05) is 25.3 Å². The van der Waals surface area contributed by atoms with Gasteiger partial charge in [0.1, 0.15) is 6.04 Å². The summed E-state index contributed by atoms with van der Waals surface area (Å²) in [5.41, 5.74) is 4.74. The Morgan fingerprint density at radius 2 is 2.20 bits per heavy atom. The molecule has 0 saturated carbocycles. The summed E-state index contributed by atoms with van der Waals surface area (Å²) in [6, 6.07) is -0.180. The number of aromatic nitrogens is 4. The molecular formula is C12H19BrN6S. The standard InChI is InChI=1S/C12H19BrN6S/c1-5-19-9(7(13)6-15-19)8(16-14)10-11(12(2,3)4)17-18-20-10/h6,8,16H,5,14H2,1-4H3. The minimum Gasteiger partial charge on any atom is -0.270 e. The Morgan fingerprint density at radius 3 is 2.75 bits per heavy atom. The van der Waals surface area contributed by atoms with E-state index in [2.05, 4.69) is 56.8 Å². The van der Waals surface area contributed by atoms with E-state index in [1.54, 1.807) is 6.20 Å². The molecule has 1 atom stereocenters. The molecule has 8 heteroatoms. The van der Waals surface area contributed by atoms with E-state index in [-0.39, 0.29) is 11.5 Å². The van der Waals surface area contributed by atoms with Gasteiger partial charge in [-0.15, -0.1) is 5.10 Å². The van der Waals surface area contributed by atoms with Gasteiger partial charge in [-0.3, -0.25) is 10.5 Å². The van der Waals surface area contributed by atoms with Crippen LogP contribution in [0, 0.1) is 0 Å². The molecule has 0 amide bonds. The predicted molar refractivity (Wildman–Crippen MR) is 83.4 cm³/mol. The van der Waals surface area contributed by atoms with Crippen molar-refractivity contribution in [1.29, 1.82) is 0 Å². The second-order valence-corrected chi connectivity index (χ2v) is 7.17. The summed E-state index contributed by atoms with van der Waals surface area (Å²) in [7, 11) is 0. The van der Waals surface area contributed by atoms with Crippen molar-refractivity contribution in [1.82, 2.24) is 24.8 Å². The molecule has 2 aromatic rings. The fraction of sp³-hybridized carbons (Fsp3) is 0.583. The van der Waals surface area contributed by atoms with Crippen LogP contribution in [0.1, 0.15) is 50.0 Å². The monoisotopic (exact) mass is 358 g/mol. The molecule has 6 nitrogen and oxygen atoms in total. The molecule has 0 aromatic carbocycles. The summed E-state index contributed by atoms with van der Waals surface area (Å²) in [5.74, 6) is 5.80. The molecule has 110 valence electrons. The van der Waals surface area contributed by atoms with E-state index in [1.807, 2.05) is 11.6 Å². The zero-order chi connectivity index (χ0) is 14.9. The molecule has 0 aliphatic heterocycles. The fourth-order valence-electron chi connectivity index (χ4n) is 2.10. The maximum atomic E-state index is 5.80. The van der Waals surface area contributed by atoms with Gasteiger partial charge in [0.15, 0.2) is 0 Å². The van der Waals surface area contributed by atoms with Gasteiger partial charge < -0.3 is 0 Å². The first-order valence-corrected chi connectivity index (χ1v) is 7.96. The molecule has 0 aliphatic rings. The second kappa shape index (κ2) is 5.88. The van der Waals surface area contributed by atoms with Gasteiger partial charge in [0.25, 0.3) is 0 Å². The third-order valence-corrected chi connectivity index (χ3v) is 4.46. The van der Waals surface area contributed by atoms with Crippen LogP contribution in [0.4, 0.5) is 0 Å². The van der Waals surface area contributed by atoms with E-state index >= 15 is 0 Å². The Hall–Kier alpha value is -0.830. The number of nitrogens with one attached hydrogen (secondary N) is 1. The highest BCUT2D eigenvalue weighted by molar-refractivity contribution is 9.10. The Balaban J connectivity index is 2.54. The molecule has 20 heavy (non-hydrogen) atoms. The van der Waals surface area contributed by atoms with Gasteiger partial charge >= 0.3 is 0 Å². The number of aryl methyl sites for hydroxylation is 1. The first kappa shape index (κ1) is 15.6. The molecule has 2 aromatic heterocycles. The summed E-state index contributed by atoms with van der Waals surface area (Å²) >= 11 is 4.91.